The Morgan fingerprint density at radius 2 is 1.68 bits per heavy atom. The molecule has 0 aliphatic heterocycles. The molecule has 1 amide bonds. The summed E-state index contributed by atoms with van der Waals surface area (Å²) in [5, 5.41) is 7.15. The van der Waals surface area contributed by atoms with E-state index in [1.165, 1.54) is 0 Å². The highest BCUT2D eigenvalue weighted by Crippen LogP contribution is 2.19. The largest absolute Gasteiger partial charge is 0.324 e. The third-order valence-corrected chi connectivity index (χ3v) is 4.93. The fraction of sp³-hybridized carbons (Fsp3) is 0.208. The number of amides is 1. The molecule has 4 aromatic rings. The third kappa shape index (κ3) is 5.39. The summed E-state index contributed by atoms with van der Waals surface area (Å²) in [7, 11) is 0. The Morgan fingerprint density at radius 1 is 0.903 bits per heavy atom. The van der Waals surface area contributed by atoms with Crippen LogP contribution in [0.2, 0.25) is 0 Å². The van der Waals surface area contributed by atoms with Gasteiger partial charge in [-0.05, 0) is 42.7 Å². The first-order valence-electron chi connectivity index (χ1n) is 10.2. The maximum Gasteiger partial charge on any atom is 0.228 e. The van der Waals surface area contributed by atoms with Crippen LogP contribution >= 0.6 is 0 Å². The van der Waals surface area contributed by atoms with Gasteiger partial charge < -0.3 is 5.32 Å². The van der Waals surface area contributed by atoms with Crippen molar-refractivity contribution in [3.8, 4) is 11.1 Å². The second-order valence-electron chi connectivity index (χ2n) is 7.38. The van der Waals surface area contributed by atoms with Crippen LogP contribution < -0.4 is 5.32 Å². The highest BCUT2D eigenvalue weighted by atomic mass is 16.1. The Balaban J connectivity index is 1.36. The Morgan fingerprint density at radius 3 is 2.32 bits per heavy atom. The molecule has 1 aromatic carbocycles. The Bertz CT molecular complexity index is 1150. The lowest BCUT2D eigenvalue weighted by Crippen LogP contribution is -2.14. The predicted molar refractivity (Wildman–Crippen MR) is 119 cm³/mol. The van der Waals surface area contributed by atoms with Crippen molar-refractivity contribution >= 4 is 11.6 Å². The third-order valence-electron chi connectivity index (χ3n) is 4.93. The van der Waals surface area contributed by atoms with E-state index in [0.717, 1.165) is 40.3 Å². The first-order chi connectivity index (χ1) is 15.1. The minimum atomic E-state index is -0.0718. The molecule has 7 heteroatoms. The summed E-state index contributed by atoms with van der Waals surface area (Å²) in [6.45, 7) is 4.82. The van der Waals surface area contributed by atoms with E-state index in [2.05, 4.69) is 32.3 Å². The van der Waals surface area contributed by atoms with Gasteiger partial charge in [0.15, 0.2) is 0 Å². The van der Waals surface area contributed by atoms with Crippen LogP contribution in [-0.4, -0.2) is 30.6 Å². The number of hydrogen-bond acceptors (Lipinski definition) is 5. The summed E-state index contributed by atoms with van der Waals surface area (Å²) < 4.78 is 1.89. The minimum Gasteiger partial charge on any atom is -0.324 e. The number of carbonyl (C=O) groups is 1. The lowest BCUT2D eigenvalue weighted by molar-refractivity contribution is -0.115. The average Bonchev–Trinajstić information content (AvgIpc) is 3.24. The Labute approximate surface area is 181 Å². The molecule has 1 N–H and O–H groups in total. The molecule has 0 saturated carbocycles. The van der Waals surface area contributed by atoms with Crippen LogP contribution in [0.4, 0.5) is 5.69 Å². The maximum atomic E-state index is 12.3. The molecule has 3 heterocycles. The first-order valence-corrected chi connectivity index (χ1v) is 10.2. The van der Waals surface area contributed by atoms with Crippen molar-refractivity contribution in [1.82, 2.24) is 24.7 Å². The van der Waals surface area contributed by atoms with Gasteiger partial charge in [-0.25, -0.2) is 9.97 Å². The summed E-state index contributed by atoms with van der Waals surface area (Å²) in [5.74, 6) is 0.691. The van der Waals surface area contributed by atoms with Crippen LogP contribution in [-0.2, 0) is 24.2 Å². The van der Waals surface area contributed by atoms with E-state index in [-0.39, 0.29) is 5.91 Å². The number of anilines is 1. The van der Waals surface area contributed by atoms with Gasteiger partial charge in [0.25, 0.3) is 0 Å². The molecule has 0 unspecified atom stereocenters. The van der Waals surface area contributed by atoms with Crippen LogP contribution in [0.25, 0.3) is 11.1 Å². The molecular formula is C24H24N6O. The van der Waals surface area contributed by atoms with Crippen LogP contribution in [0.5, 0.6) is 0 Å². The molecule has 0 aliphatic carbocycles. The van der Waals surface area contributed by atoms with Crippen LogP contribution in [0.3, 0.4) is 0 Å². The van der Waals surface area contributed by atoms with Gasteiger partial charge in [0.05, 0.1) is 24.5 Å². The van der Waals surface area contributed by atoms with Gasteiger partial charge >= 0.3 is 0 Å². The summed E-state index contributed by atoms with van der Waals surface area (Å²) in [5.41, 5.74) is 5.60. The van der Waals surface area contributed by atoms with Gasteiger partial charge in [0, 0.05) is 42.8 Å². The summed E-state index contributed by atoms with van der Waals surface area (Å²) in [6, 6.07) is 11.6. The molecule has 0 spiro atoms. The zero-order valence-corrected chi connectivity index (χ0v) is 17.6. The molecule has 0 aliphatic rings. The van der Waals surface area contributed by atoms with Crippen molar-refractivity contribution in [2.45, 2.75) is 33.2 Å². The van der Waals surface area contributed by atoms with Crippen LogP contribution in [0.1, 0.15) is 29.6 Å². The number of nitrogens with one attached hydrogen (secondary N) is 1. The standard InChI is InChI=1S/C24H24N6O/c1-3-30-16-19(12-28-30)10-23-26-13-21(14-27-23)20-7-5-18(6-8-20)11-24(31)29-22-9-4-17(2)25-15-22/h4-9,12-16H,3,10-11H2,1-2H3,(H,29,31). The Hall–Kier alpha value is -3.87. The van der Waals surface area contributed by atoms with Crippen molar-refractivity contribution in [2.75, 3.05) is 5.32 Å². The second kappa shape index (κ2) is 9.30. The Kier molecular flexibility index (Phi) is 6.12. The van der Waals surface area contributed by atoms with Crippen LogP contribution in [0.15, 0.2) is 67.4 Å². The molecule has 4 rings (SSSR count). The SMILES string of the molecule is CCn1cc(Cc2ncc(-c3ccc(CC(=O)Nc4ccc(C)nc4)cc3)cn2)cn1. The zero-order chi connectivity index (χ0) is 21.6. The van der Waals surface area contributed by atoms with Gasteiger partial charge in [0.2, 0.25) is 5.91 Å². The molecule has 156 valence electrons. The number of hydrogen-bond donors (Lipinski definition) is 1. The zero-order valence-electron chi connectivity index (χ0n) is 17.6. The van der Waals surface area contributed by atoms with Gasteiger partial charge in [-0.2, -0.15) is 5.10 Å². The van der Waals surface area contributed by atoms with Gasteiger partial charge in [-0.15, -0.1) is 0 Å². The molecule has 0 bridgehead atoms. The predicted octanol–water partition coefficient (Wildman–Crippen LogP) is 3.84. The quantitative estimate of drug-likeness (QED) is 0.499. The van der Waals surface area contributed by atoms with E-state index in [0.29, 0.717) is 18.5 Å². The number of nitrogens with zero attached hydrogens (tertiary/aromatic N) is 5. The topological polar surface area (TPSA) is 85.6 Å². The second-order valence-corrected chi connectivity index (χ2v) is 7.38. The smallest absolute Gasteiger partial charge is 0.228 e. The number of rotatable bonds is 7. The number of benzene rings is 1. The average molecular weight is 412 g/mol. The van der Waals surface area contributed by atoms with E-state index in [4.69, 9.17) is 0 Å². The molecule has 3 aromatic heterocycles. The minimum absolute atomic E-state index is 0.0718. The molecule has 0 radical (unpaired) electrons. The molecule has 0 saturated heterocycles. The summed E-state index contributed by atoms with van der Waals surface area (Å²) in [6.07, 6.45) is 10.2. The first kappa shape index (κ1) is 20.4. The van der Waals surface area contributed by atoms with E-state index in [1.54, 1.807) is 6.20 Å². The molecule has 31 heavy (non-hydrogen) atoms. The van der Waals surface area contributed by atoms with E-state index in [1.807, 2.05) is 72.8 Å². The van der Waals surface area contributed by atoms with Gasteiger partial charge in [-0.1, -0.05) is 24.3 Å². The fourth-order valence-corrected chi connectivity index (χ4v) is 3.20. The number of carbonyl (C=O) groups excluding carboxylic acids is 1. The molecule has 0 fully saturated rings. The highest BCUT2D eigenvalue weighted by Gasteiger charge is 2.07. The lowest BCUT2D eigenvalue weighted by Gasteiger charge is -2.07. The van der Waals surface area contributed by atoms with Crippen LogP contribution in [0, 0.1) is 6.92 Å². The molecule has 0 atom stereocenters. The fourth-order valence-electron chi connectivity index (χ4n) is 3.20. The highest BCUT2D eigenvalue weighted by molar-refractivity contribution is 5.92. The lowest BCUT2D eigenvalue weighted by atomic mass is 10.0. The van der Waals surface area contributed by atoms with Crippen molar-refractivity contribution in [2.24, 2.45) is 0 Å². The summed E-state index contributed by atoms with van der Waals surface area (Å²) in [4.78, 5) is 25.4. The van der Waals surface area contributed by atoms with E-state index in [9.17, 15) is 4.79 Å². The number of aryl methyl sites for hydroxylation is 2. The van der Waals surface area contributed by atoms with Gasteiger partial charge in [0.1, 0.15) is 5.82 Å². The maximum absolute atomic E-state index is 12.3. The summed E-state index contributed by atoms with van der Waals surface area (Å²) >= 11 is 0. The van der Waals surface area contributed by atoms with Crippen molar-refractivity contribution < 1.29 is 4.79 Å². The normalized spacial score (nSPS) is 10.8. The molecule has 7 nitrogen and oxygen atoms in total. The number of pyridine rings is 1. The van der Waals surface area contributed by atoms with Crippen molar-refractivity contribution in [3.63, 3.8) is 0 Å². The van der Waals surface area contributed by atoms with Crippen molar-refractivity contribution in [1.29, 1.82) is 0 Å². The monoisotopic (exact) mass is 412 g/mol. The van der Waals surface area contributed by atoms with E-state index < -0.39 is 0 Å². The number of aromatic nitrogens is 5. The van der Waals surface area contributed by atoms with Gasteiger partial charge in [-0.3, -0.25) is 14.5 Å². The van der Waals surface area contributed by atoms with E-state index >= 15 is 0 Å². The van der Waals surface area contributed by atoms with Crippen molar-refractivity contribution in [3.05, 3.63) is 90.0 Å². The molecular weight excluding hydrogens is 388 g/mol.